The topological polar surface area (TPSA) is 57.6 Å². The van der Waals surface area contributed by atoms with E-state index in [1.807, 2.05) is 0 Å². The van der Waals surface area contributed by atoms with Crippen LogP contribution in [-0.2, 0) is 17.8 Å². The van der Waals surface area contributed by atoms with Gasteiger partial charge in [0.05, 0.1) is 12.1 Å². The average Bonchev–Trinajstić information content (AvgIpc) is 3.44. The molecule has 0 unspecified atom stereocenters. The van der Waals surface area contributed by atoms with E-state index in [2.05, 4.69) is 55.5 Å². The van der Waals surface area contributed by atoms with Gasteiger partial charge in [-0.15, -0.1) is 0 Å². The maximum Gasteiger partial charge on any atom is 0.335 e. The van der Waals surface area contributed by atoms with Crippen molar-refractivity contribution in [2.45, 2.75) is 71.3 Å². The SMILES string of the molecule is CCCCc1ccc(-c2ccc(CN(C(=O)CCC3CCCC3)c3ccc(C(=O)O)cc3)cc2)cc1. The monoisotopic (exact) mass is 483 g/mol. The van der Waals surface area contributed by atoms with E-state index in [0.717, 1.165) is 29.7 Å². The second kappa shape index (κ2) is 12.5. The lowest BCUT2D eigenvalue weighted by Crippen LogP contribution is -2.30. The lowest BCUT2D eigenvalue weighted by Gasteiger charge is -2.24. The van der Waals surface area contributed by atoms with E-state index >= 15 is 0 Å². The van der Waals surface area contributed by atoms with Crippen LogP contribution in [0.5, 0.6) is 0 Å². The molecule has 0 bridgehead atoms. The standard InChI is InChI=1S/C32H37NO3/c1-2-3-6-25-9-14-27(15-10-25)28-16-11-26(12-17-28)23-33(30-20-18-29(19-21-30)32(35)36)31(34)22-13-24-7-4-5-8-24/h9-12,14-21,24H,2-8,13,22-23H2,1H3,(H,35,36). The summed E-state index contributed by atoms with van der Waals surface area (Å²) in [6.07, 6.45) is 9.97. The van der Waals surface area contributed by atoms with Crippen LogP contribution >= 0.6 is 0 Å². The second-order valence-corrected chi connectivity index (χ2v) is 10.0. The minimum atomic E-state index is -0.963. The molecule has 0 heterocycles. The van der Waals surface area contributed by atoms with E-state index in [0.29, 0.717) is 18.9 Å². The van der Waals surface area contributed by atoms with Crippen molar-refractivity contribution in [1.29, 1.82) is 0 Å². The molecule has 188 valence electrons. The summed E-state index contributed by atoms with van der Waals surface area (Å²) in [5.74, 6) is -0.218. The molecule has 3 aromatic rings. The van der Waals surface area contributed by atoms with Crippen molar-refractivity contribution in [1.82, 2.24) is 0 Å². The fourth-order valence-corrected chi connectivity index (χ4v) is 5.10. The Balaban J connectivity index is 1.48. The summed E-state index contributed by atoms with van der Waals surface area (Å²) in [6, 6.07) is 23.8. The van der Waals surface area contributed by atoms with Gasteiger partial charge in [0.2, 0.25) is 5.91 Å². The van der Waals surface area contributed by atoms with E-state index in [9.17, 15) is 14.7 Å². The molecule has 1 saturated carbocycles. The smallest absolute Gasteiger partial charge is 0.335 e. The van der Waals surface area contributed by atoms with Crippen molar-refractivity contribution in [2.24, 2.45) is 5.92 Å². The quantitative estimate of drug-likeness (QED) is 0.302. The van der Waals surface area contributed by atoms with E-state index in [4.69, 9.17) is 0 Å². The third-order valence-electron chi connectivity index (χ3n) is 7.37. The van der Waals surface area contributed by atoms with Gasteiger partial charge < -0.3 is 10.0 Å². The first kappa shape index (κ1) is 25.7. The summed E-state index contributed by atoms with van der Waals surface area (Å²) < 4.78 is 0. The molecule has 0 saturated heterocycles. The van der Waals surface area contributed by atoms with Gasteiger partial charge in [-0.3, -0.25) is 4.79 Å². The van der Waals surface area contributed by atoms with Crippen LogP contribution in [-0.4, -0.2) is 17.0 Å². The zero-order valence-electron chi connectivity index (χ0n) is 21.3. The van der Waals surface area contributed by atoms with Gasteiger partial charge in [-0.05, 0) is 71.7 Å². The Hall–Kier alpha value is -3.40. The molecule has 1 fully saturated rings. The molecule has 0 radical (unpaired) electrons. The molecule has 1 N–H and O–H groups in total. The Bertz CT molecular complexity index is 1130. The summed E-state index contributed by atoms with van der Waals surface area (Å²) in [4.78, 5) is 26.4. The highest BCUT2D eigenvalue weighted by Gasteiger charge is 2.21. The number of benzene rings is 3. The number of hydrogen-bond donors (Lipinski definition) is 1. The molecule has 1 amide bonds. The van der Waals surface area contributed by atoms with Crippen LogP contribution in [0.1, 0.15) is 79.8 Å². The van der Waals surface area contributed by atoms with Crippen molar-refractivity contribution >= 4 is 17.6 Å². The van der Waals surface area contributed by atoms with Gasteiger partial charge in [0, 0.05) is 12.1 Å². The Morgan fingerprint density at radius 1 is 0.833 bits per heavy atom. The van der Waals surface area contributed by atoms with Crippen molar-refractivity contribution < 1.29 is 14.7 Å². The summed E-state index contributed by atoms with van der Waals surface area (Å²) in [5, 5.41) is 9.26. The highest BCUT2D eigenvalue weighted by Crippen LogP contribution is 2.30. The number of aromatic carboxylic acids is 1. The van der Waals surface area contributed by atoms with Crippen LogP contribution in [0.2, 0.25) is 0 Å². The van der Waals surface area contributed by atoms with Crippen LogP contribution in [0.3, 0.4) is 0 Å². The van der Waals surface area contributed by atoms with Crippen LogP contribution in [0.4, 0.5) is 5.69 Å². The van der Waals surface area contributed by atoms with Gasteiger partial charge in [-0.2, -0.15) is 0 Å². The molecular formula is C32H37NO3. The minimum absolute atomic E-state index is 0.0942. The normalized spacial score (nSPS) is 13.6. The van der Waals surface area contributed by atoms with Crippen molar-refractivity contribution in [2.75, 3.05) is 4.90 Å². The summed E-state index contributed by atoms with van der Waals surface area (Å²) in [6.45, 7) is 2.68. The maximum absolute atomic E-state index is 13.3. The number of hydrogen-bond acceptors (Lipinski definition) is 2. The number of carbonyl (C=O) groups is 2. The van der Waals surface area contributed by atoms with Crippen LogP contribution in [0, 0.1) is 5.92 Å². The number of amides is 1. The summed E-state index contributed by atoms with van der Waals surface area (Å²) in [7, 11) is 0. The molecule has 0 spiro atoms. The predicted octanol–water partition coefficient (Wildman–Crippen LogP) is 7.90. The minimum Gasteiger partial charge on any atom is -0.478 e. The van der Waals surface area contributed by atoms with Crippen LogP contribution < -0.4 is 4.90 Å². The first-order chi connectivity index (χ1) is 17.5. The summed E-state index contributed by atoms with van der Waals surface area (Å²) >= 11 is 0. The number of rotatable bonds is 11. The van der Waals surface area contributed by atoms with Gasteiger partial charge in [0.25, 0.3) is 0 Å². The number of carbonyl (C=O) groups excluding carboxylic acids is 1. The zero-order valence-corrected chi connectivity index (χ0v) is 21.3. The lowest BCUT2D eigenvalue weighted by molar-refractivity contribution is -0.119. The Kier molecular flexibility index (Phi) is 8.94. The molecule has 1 aliphatic carbocycles. The van der Waals surface area contributed by atoms with Crippen molar-refractivity contribution in [3.8, 4) is 11.1 Å². The Morgan fingerprint density at radius 2 is 1.42 bits per heavy atom. The Labute approximate surface area is 215 Å². The predicted molar refractivity (Wildman–Crippen MR) is 146 cm³/mol. The van der Waals surface area contributed by atoms with Crippen LogP contribution in [0.15, 0.2) is 72.8 Å². The van der Waals surface area contributed by atoms with Gasteiger partial charge in [-0.25, -0.2) is 4.79 Å². The van der Waals surface area contributed by atoms with Gasteiger partial charge in [0.1, 0.15) is 0 Å². The van der Waals surface area contributed by atoms with Crippen molar-refractivity contribution in [3.05, 3.63) is 89.5 Å². The fraction of sp³-hybridized carbons (Fsp3) is 0.375. The molecule has 3 aromatic carbocycles. The molecule has 4 rings (SSSR count). The maximum atomic E-state index is 13.3. The molecule has 1 aliphatic rings. The summed E-state index contributed by atoms with van der Waals surface area (Å²) in [5.41, 5.74) is 5.74. The third kappa shape index (κ3) is 6.84. The first-order valence-corrected chi connectivity index (χ1v) is 13.4. The highest BCUT2D eigenvalue weighted by atomic mass is 16.4. The van der Waals surface area contributed by atoms with E-state index in [1.165, 1.54) is 49.7 Å². The average molecular weight is 484 g/mol. The zero-order chi connectivity index (χ0) is 25.3. The van der Waals surface area contributed by atoms with E-state index in [-0.39, 0.29) is 11.5 Å². The number of aryl methyl sites for hydroxylation is 1. The van der Waals surface area contributed by atoms with Crippen molar-refractivity contribution in [3.63, 3.8) is 0 Å². The van der Waals surface area contributed by atoms with E-state index < -0.39 is 5.97 Å². The van der Waals surface area contributed by atoms with Gasteiger partial charge >= 0.3 is 5.97 Å². The fourth-order valence-electron chi connectivity index (χ4n) is 5.10. The van der Waals surface area contributed by atoms with Crippen LogP contribution in [0.25, 0.3) is 11.1 Å². The lowest BCUT2D eigenvalue weighted by atomic mass is 10.00. The number of unbranched alkanes of at least 4 members (excludes halogenated alkanes) is 1. The molecule has 0 atom stereocenters. The largest absolute Gasteiger partial charge is 0.478 e. The number of carboxylic acid groups (broad SMARTS) is 1. The number of nitrogens with zero attached hydrogens (tertiary/aromatic N) is 1. The van der Waals surface area contributed by atoms with Gasteiger partial charge in [-0.1, -0.05) is 87.6 Å². The van der Waals surface area contributed by atoms with E-state index in [1.54, 1.807) is 29.2 Å². The molecule has 4 heteroatoms. The number of carboxylic acids is 1. The third-order valence-corrected chi connectivity index (χ3v) is 7.37. The molecule has 0 aromatic heterocycles. The second-order valence-electron chi connectivity index (χ2n) is 10.0. The molecular weight excluding hydrogens is 446 g/mol. The Morgan fingerprint density at radius 3 is 1.97 bits per heavy atom. The molecule has 36 heavy (non-hydrogen) atoms. The molecule has 4 nitrogen and oxygen atoms in total. The van der Waals surface area contributed by atoms with Gasteiger partial charge in [0.15, 0.2) is 0 Å². The number of anilines is 1. The first-order valence-electron chi connectivity index (χ1n) is 13.4. The highest BCUT2D eigenvalue weighted by molar-refractivity contribution is 5.94. The molecule has 0 aliphatic heterocycles.